The fourth-order valence-corrected chi connectivity index (χ4v) is 1.49. The summed E-state index contributed by atoms with van der Waals surface area (Å²) in [6, 6.07) is 3.38. The molecule has 0 spiro atoms. The van der Waals surface area contributed by atoms with Crippen LogP contribution < -0.4 is 5.32 Å². The van der Waals surface area contributed by atoms with Gasteiger partial charge < -0.3 is 10.4 Å². The van der Waals surface area contributed by atoms with E-state index in [1.54, 1.807) is 12.1 Å². The normalized spacial score (nSPS) is 12.2. The third kappa shape index (κ3) is 4.28. The maximum Gasteiger partial charge on any atom is 0.252 e. The predicted molar refractivity (Wildman–Crippen MR) is 65.2 cm³/mol. The molecule has 1 rings (SSSR count). The molecule has 0 fully saturated rings. The first kappa shape index (κ1) is 13.1. The zero-order valence-corrected chi connectivity index (χ0v) is 10.7. The zero-order chi connectivity index (χ0) is 12.0. The quantitative estimate of drug-likeness (QED) is 0.811. The van der Waals surface area contributed by atoms with Gasteiger partial charge in [0.25, 0.3) is 5.91 Å². The highest BCUT2D eigenvalue weighted by Gasteiger charge is 2.08. The van der Waals surface area contributed by atoms with E-state index in [0.717, 1.165) is 6.42 Å². The first-order valence-electron chi connectivity index (χ1n) is 5.21. The van der Waals surface area contributed by atoms with Gasteiger partial charge in [-0.25, -0.2) is 4.98 Å². The topological polar surface area (TPSA) is 62.2 Å². The summed E-state index contributed by atoms with van der Waals surface area (Å²) in [7, 11) is 0. The number of aliphatic hydroxyl groups is 1. The lowest BCUT2D eigenvalue weighted by molar-refractivity contribution is 0.0909. The lowest BCUT2D eigenvalue weighted by atomic mass is 10.2. The van der Waals surface area contributed by atoms with Crippen LogP contribution in [-0.2, 0) is 0 Å². The summed E-state index contributed by atoms with van der Waals surface area (Å²) >= 11 is 3.19. The lowest BCUT2D eigenvalue weighted by Crippen LogP contribution is -2.32. The molecule has 0 aliphatic carbocycles. The predicted octanol–water partition coefficient (Wildman–Crippen LogP) is 1.73. The molecule has 0 aromatic carbocycles. The molecule has 0 aliphatic rings. The minimum Gasteiger partial charge on any atom is -0.391 e. The minimum absolute atomic E-state index is 0.213. The number of pyridine rings is 1. The van der Waals surface area contributed by atoms with Gasteiger partial charge in [-0.3, -0.25) is 4.79 Å². The molecule has 0 saturated carbocycles. The number of hydrogen-bond acceptors (Lipinski definition) is 3. The van der Waals surface area contributed by atoms with Gasteiger partial charge in [-0.2, -0.15) is 0 Å². The van der Waals surface area contributed by atoms with E-state index in [-0.39, 0.29) is 12.5 Å². The maximum absolute atomic E-state index is 11.6. The fraction of sp³-hybridized carbons (Fsp3) is 0.455. The van der Waals surface area contributed by atoms with Crippen molar-refractivity contribution in [2.75, 3.05) is 6.54 Å². The standard InChI is InChI=1S/C11H15BrN2O2/c1-2-3-9(15)7-14-11(16)8-4-5-10(12)13-6-8/h4-6,9,15H,2-3,7H2,1H3,(H,14,16). The van der Waals surface area contributed by atoms with Crippen molar-refractivity contribution in [3.8, 4) is 0 Å². The summed E-state index contributed by atoms with van der Waals surface area (Å²) in [6.07, 6.45) is 2.61. The van der Waals surface area contributed by atoms with Crippen LogP contribution in [0.1, 0.15) is 30.1 Å². The number of nitrogens with zero attached hydrogens (tertiary/aromatic N) is 1. The van der Waals surface area contributed by atoms with Crippen LogP contribution >= 0.6 is 15.9 Å². The van der Waals surface area contributed by atoms with Gasteiger partial charge in [-0.15, -0.1) is 0 Å². The van der Waals surface area contributed by atoms with Gasteiger partial charge >= 0.3 is 0 Å². The van der Waals surface area contributed by atoms with Crippen molar-refractivity contribution in [1.29, 1.82) is 0 Å². The summed E-state index contributed by atoms with van der Waals surface area (Å²) < 4.78 is 0.690. The van der Waals surface area contributed by atoms with Gasteiger partial charge in [0.15, 0.2) is 0 Å². The number of carbonyl (C=O) groups excluding carboxylic acids is 1. The van der Waals surface area contributed by atoms with E-state index >= 15 is 0 Å². The van der Waals surface area contributed by atoms with Crippen molar-refractivity contribution < 1.29 is 9.90 Å². The largest absolute Gasteiger partial charge is 0.391 e. The number of carbonyl (C=O) groups is 1. The van der Waals surface area contributed by atoms with Gasteiger partial charge in [0.05, 0.1) is 11.7 Å². The molecule has 2 N–H and O–H groups in total. The molecule has 4 nitrogen and oxygen atoms in total. The summed E-state index contributed by atoms with van der Waals surface area (Å²) in [5.41, 5.74) is 0.492. The van der Waals surface area contributed by atoms with Gasteiger partial charge in [0.2, 0.25) is 0 Å². The van der Waals surface area contributed by atoms with E-state index in [1.165, 1.54) is 6.20 Å². The molecule has 0 bridgehead atoms. The van der Waals surface area contributed by atoms with E-state index in [4.69, 9.17) is 0 Å². The lowest BCUT2D eigenvalue weighted by Gasteiger charge is -2.10. The highest BCUT2D eigenvalue weighted by atomic mass is 79.9. The Bertz CT molecular complexity index is 340. The molecule has 1 aromatic heterocycles. The average molecular weight is 287 g/mol. The fourth-order valence-electron chi connectivity index (χ4n) is 1.26. The Morgan fingerprint density at radius 3 is 2.94 bits per heavy atom. The first-order chi connectivity index (χ1) is 7.63. The maximum atomic E-state index is 11.6. The first-order valence-corrected chi connectivity index (χ1v) is 6.00. The highest BCUT2D eigenvalue weighted by molar-refractivity contribution is 9.10. The second-order valence-electron chi connectivity index (χ2n) is 3.52. The SMILES string of the molecule is CCCC(O)CNC(=O)c1ccc(Br)nc1. The molecule has 0 saturated heterocycles. The van der Waals surface area contributed by atoms with Crippen LogP contribution in [0.4, 0.5) is 0 Å². The number of halogens is 1. The molecule has 88 valence electrons. The second-order valence-corrected chi connectivity index (χ2v) is 4.33. The minimum atomic E-state index is -0.475. The van der Waals surface area contributed by atoms with E-state index in [1.807, 2.05) is 6.92 Å². The van der Waals surface area contributed by atoms with Crippen molar-refractivity contribution in [2.24, 2.45) is 0 Å². The number of aliphatic hydroxyl groups excluding tert-OH is 1. The number of nitrogens with one attached hydrogen (secondary N) is 1. The second kappa shape index (κ2) is 6.60. The van der Waals surface area contributed by atoms with Crippen LogP contribution in [0.2, 0.25) is 0 Å². The van der Waals surface area contributed by atoms with Gasteiger partial charge in [0.1, 0.15) is 4.60 Å². The van der Waals surface area contributed by atoms with Crippen molar-refractivity contribution in [1.82, 2.24) is 10.3 Å². The number of hydrogen-bond donors (Lipinski definition) is 2. The van der Waals surface area contributed by atoms with Crippen LogP contribution in [-0.4, -0.2) is 28.6 Å². The van der Waals surface area contributed by atoms with Crippen LogP contribution in [0.3, 0.4) is 0 Å². The van der Waals surface area contributed by atoms with Gasteiger partial charge in [-0.1, -0.05) is 13.3 Å². The zero-order valence-electron chi connectivity index (χ0n) is 9.11. The molecule has 0 radical (unpaired) electrons. The monoisotopic (exact) mass is 286 g/mol. The molecule has 1 unspecified atom stereocenters. The third-order valence-electron chi connectivity index (χ3n) is 2.11. The Labute approximate surface area is 103 Å². The van der Waals surface area contributed by atoms with Crippen LogP contribution in [0.25, 0.3) is 0 Å². The summed E-state index contributed by atoms with van der Waals surface area (Å²) in [5.74, 6) is -0.213. The molecule has 5 heteroatoms. The molecular weight excluding hydrogens is 272 g/mol. The summed E-state index contributed by atoms with van der Waals surface area (Å²) in [4.78, 5) is 15.5. The van der Waals surface area contributed by atoms with Crippen LogP contribution in [0, 0.1) is 0 Å². The number of amides is 1. The van der Waals surface area contributed by atoms with Crippen molar-refractivity contribution in [3.63, 3.8) is 0 Å². The average Bonchev–Trinajstić information content (AvgIpc) is 2.27. The Kier molecular flexibility index (Phi) is 5.42. The van der Waals surface area contributed by atoms with Crippen molar-refractivity contribution in [3.05, 3.63) is 28.5 Å². The number of aromatic nitrogens is 1. The molecule has 1 heterocycles. The van der Waals surface area contributed by atoms with E-state index in [9.17, 15) is 9.90 Å². The summed E-state index contributed by atoms with van der Waals surface area (Å²) in [6.45, 7) is 2.27. The van der Waals surface area contributed by atoms with E-state index < -0.39 is 6.10 Å². The van der Waals surface area contributed by atoms with Gasteiger partial charge in [0, 0.05) is 12.7 Å². The highest BCUT2D eigenvalue weighted by Crippen LogP contribution is 2.06. The smallest absolute Gasteiger partial charge is 0.252 e. The Hall–Kier alpha value is -0.940. The molecule has 1 aromatic rings. The number of rotatable bonds is 5. The van der Waals surface area contributed by atoms with Crippen LogP contribution in [0.15, 0.2) is 22.9 Å². The van der Waals surface area contributed by atoms with Crippen molar-refractivity contribution in [2.45, 2.75) is 25.9 Å². The molecule has 1 amide bonds. The van der Waals surface area contributed by atoms with Gasteiger partial charge in [-0.05, 0) is 34.5 Å². The molecule has 16 heavy (non-hydrogen) atoms. The molecular formula is C11H15BrN2O2. The Morgan fingerprint density at radius 2 is 2.38 bits per heavy atom. The Balaban J connectivity index is 2.43. The van der Waals surface area contributed by atoms with E-state index in [2.05, 4.69) is 26.2 Å². The van der Waals surface area contributed by atoms with Crippen LogP contribution in [0.5, 0.6) is 0 Å². The van der Waals surface area contributed by atoms with E-state index in [0.29, 0.717) is 16.6 Å². The summed E-state index contributed by atoms with van der Waals surface area (Å²) in [5, 5.41) is 12.1. The Morgan fingerprint density at radius 1 is 1.62 bits per heavy atom. The molecule has 1 atom stereocenters. The van der Waals surface area contributed by atoms with Crippen molar-refractivity contribution >= 4 is 21.8 Å². The molecule has 0 aliphatic heterocycles. The third-order valence-corrected chi connectivity index (χ3v) is 2.58.